The highest BCUT2D eigenvalue weighted by molar-refractivity contribution is 5.69. The normalized spacial score (nSPS) is 20.0. The molecule has 0 aromatic heterocycles. The first-order valence-corrected chi connectivity index (χ1v) is 8.79. The van der Waals surface area contributed by atoms with Gasteiger partial charge in [0.05, 0.1) is 6.42 Å². The lowest BCUT2D eigenvalue weighted by atomic mass is 10.0. The highest BCUT2D eigenvalue weighted by Gasteiger charge is 2.33. The van der Waals surface area contributed by atoms with Gasteiger partial charge in [-0.25, -0.2) is 4.39 Å². The molecule has 2 aromatic carbocycles. The summed E-state index contributed by atoms with van der Waals surface area (Å²) in [5, 5.41) is 9.02. The molecule has 1 aliphatic rings. The fourth-order valence-corrected chi connectivity index (χ4v) is 3.59. The smallest absolute Gasteiger partial charge is 0.305 e. The van der Waals surface area contributed by atoms with Gasteiger partial charge in [-0.1, -0.05) is 36.4 Å². The van der Waals surface area contributed by atoms with Gasteiger partial charge in [-0.05, 0) is 48.6 Å². The third-order valence-electron chi connectivity index (χ3n) is 4.99. The molecule has 1 heterocycles. The van der Waals surface area contributed by atoms with E-state index in [-0.39, 0.29) is 19.0 Å². The molecule has 0 aliphatic carbocycles. The summed E-state index contributed by atoms with van der Waals surface area (Å²) in [6.07, 6.45) is 1.26. The van der Waals surface area contributed by atoms with E-state index in [1.807, 2.05) is 17.0 Å². The molecule has 1 saturated heterocycles. The van der Waals surface area contributed by atoms with Crippen LogP contribution in [0.4, 0.5) is 10.1 Å². The van der Waals surface area contributed by atoms with Gasteiger partial charge in [0, 0.05) is 24.7 Å². The van der Waals surface area contributed by atoms with Crippen molar-refractivity contribution >= 4 is 11.7 Å². The van der Waals surface area contributed by atoms with E-state index >= 15 is 0 Å². The molecule has 3 nitrogen and oxygen atoms in total. The highest BCUT2D eigenvalue weighted by atomic mass is 19.1. The third kappa shape index (κ3) is 4.38. The predicted octanol–water partition coefficient (Wildman–Crippen LogP) is 4.17. The molecule has 0 amide bonds. The number of carbonyl (C=O) groups is 1. The molecule has 0 radical (unpaired) electrons. The Hall–Kier alpha value is -2.36. The van der Waals surface area contributed by atoms with Crippen LogP contribution in [0.15, 0.2) is 48.5 Å². The van der Waals surface area contributed by atoms with Gasteiger partial charge in [0.2, 0.25) is 0 Å². The molecule has 0 unspecified atom stereocenters. The largest absolute Gasteiger partial charge is 0.481 e. The number of aliphatic carboxylic acids is 1. The number of carboxylic acids is 1. The minimum atomic E-state index is -0.954. The predicted molar refractivity (Wildman–Crippen MR) is 97.9 cm³/mol. The zero-order valence-corrected chi connectivity index (χ0v) is 14.5. The van der Waals surface area contributed by atoms with Gasteiger partial charge >= 0.3 is 5.97 Å². The summed E-state index contributed by atoms with van der Waals surface area (Å²) in [5.74, 6) is -0.876. The van der Waals surface area contributed by atoms with E-state index in [1.54, 1.807) is 0 Å². The molecule has 0 bridgehead atoms. The van der Waals surface area contributed by atoms with Gasteiger partial charge in [0.15, 0.2) is 0 Å². The maximum absolute atomic E-state index is 13.8. The van der Waals surface area contributed by atoms with Crippen molar-refractivity contribution < 1.29 is 14.3 Å². The average molecular weight is 341 g/mol. The van der Waals surface area contributed by atoms with Crippen molar-refractivity contribution in [3.8, 4) is 0 Å². The molecule has 1 fully saturated rings. The number of carboxylic acid groups (broad SMARTS) is 1. The molecule has 0 spiro atoms. The Bertz CT molecular complexity index is 729. The standard InChI is InChI=1S/C21H24FNO2/c1-15-4-2-3-5-17(15)9-6-16-7-10-19(11-8-16)23-14-18(22)12-20(23)13-21(24)25/h2-5,7-8,10-11,18,20H,6,9,12-14H2,1H3,(H,24,25)/t18-,20-/m0/s1. The van der Waals surface area contributed by atoms with Gasteiger partial charge in [-0.3, -0.25) is 4.79 Å². The Morgan fingerprint density at radius 1 is 1.16 bits per heavy atom. The summed E-state index contributed by atoms with van der Waals surface area (Å²) >= 11 is 0. The fourth-order valence-electron chi connectivity index (χ4n) is 3.59. The van der Waals surface area contributed by atoms with E-state index in [9.17, 15) is 9.18 Å². The summed E-state index contributed by atoms with van der Waals surface area (Å²) in [4.78, 5) is 12.9. The number of aryl methyl sites for hydroxylation is 3. The number of nitrogens with zero attached hydrogens (tertiary/aromatic N) is 1. The summed E-state index contributed by atoms with van der Waals surface area (Å²) < 4.78 is 13.8. The Morgan fingerprint density at radius 2 is 1.88 bits per heavy atom. The van der Waals surface area contributed by atoms with Crippen molar-refractivity contribution in [3.63, 3.8) is 0 Å². The molecule has 2 atom stereocenters. The molecule has 1 N–H and O–H groups in total. The first-order valence-electron chi connectivity index (χ1n) is 8.79. The monoisotopic (exact) mass is 341 g/mol. The van der Waals surface area contributed by atoms with Crippen molar-refractivity contribution in [2.24, 2.45) is 0 Å². The number of benzene rings is 2. The average Bonchev–Trinajstić information content (AvgIpc) is 2.94. The third-order valence-corrected chi connectivity index (χ3v) is 4.99. The van der Waals surface area contributed by atoms with Gasteiger partial charge < -0.3 is 10.0 Å². The molecule has 2 aromatic rings. The topological polar surface area (TPSA) is 40.5 Å². The van der Waals surface area contributed by atoms with E-state index in [1.165, 1.54) is 16.7 Å². The lowest BCUT2D eigenvalue weighted by Crippen LogP contribution is -2.31. The molecule has 3 rings (SSSR count). The number of hydrogen-bond acceptors (Lipinski definition) is 2. The zero-order valence-electron chi connectivity index (χ0n) is 14.5. The first-order chi connectivity index (χ1) is 12.0. The van der Waals surface area contributed by atoms with Crippen LogP contribution in [0.5, 0.6) is 0 Å². The lowest BCUT2D eigenvalue weighted by molar-refractivity contribution is -0.137. The van der Waals surface area contributed by atoms with Crippen molar-refractivity contribution in [3.05, 3.63) is 65.2 Å². The van der Waals surface area contributed by atoms with Crippen molar-refractivity contribution in [1.82, 2.24) is 0 Å². The van der Waals surface area contributed by atoms with Crippen LogP contribution in [-0.2, 0) is 17.6 Å². The van der Waals surface area contributed by atoms with Crippen LogP contribution in [0.25, 0.3) is 0 Å². The minimum Gasteiger partial charge on any atom is -0.481 e. The summed E-state index contributed by atoms with van der Waals surface area (Å²) in [6, 6.07) is 16.2. The molecule has 4 heteroatoms. The number of hydrogen-bond donors (Lipinski definition) is 1. The Kier molecular flexibility index (Phi) is 5.37. The quantitative estimate of drug-likeness (QED) is 0.857. The first kappa shape index (κ1) is 17.5. The van der Waals surface area contributed by atoms with E-state index < -0.39 is 12.1 Å². The zero-order chi connectivity index (χ0) is 17.8. The highest BCUT2D eigenvalue weighted by Crippen LogP contribution is 2.29. The van der Waals surface area contributed by atoms with Crippen LogP contribution < -0.4 is 4.90 Å². The second-order valence-electron chi connectivity index (χ2n) is 6.83. The van der Waals surface area contributed by atoms with E-state index in [2.05, 4.69) is 43.3 Å². The fraction of sp³-hybridized carbons (Fsp3) is 0.381. The molecular weight excluding hydrogens is 317 g/mol. The second kappa shape index (κ2) is 7.68. The Labute approximate surface area is 148 Å². The molecule has 132 valence electrons. The minimum absolute atomic E-state index is 0.0184. The summed E-state index contributed by atoms with van der Waals surface area (Å²) in [5.41, 5.74) is 4.80. The SMILES string of the molecule is Cc1ccccc1CCc1ccc(N2C[C@@H](F)C[C@H]2CC(=O)O)cc1. The number of rotatable bonds is 6. The summed E-state index contributed by atoms with van der Waals surface area (Å²) in [7, 11) is 0. The lowest BCUT2D eigenvalue weighted by Gasteiger charge is -2.25. The maximum atomic E-state index is 13.8. The number of halogens is 1. The molecule has 25 heavy (non-hydrogen) atoms. The van der Waals surface area contributed by atoms with Crippen molar-refractivity contribution in [1.29, 1.82) is 0 Å². The van der Waals surface area contributed by atoms with Gasteiger partial charge in [0.1, 0.15) is 6.17 Å². The summed E-state index contributed by atoms with van der Waals surface area (Å²) in [6.45, 7) is 2.41. The number of anilines is 1. The van der Waals surface area contributed by atoms with Crippen LogP contribution in [0.1, 0.15) is 29.5 Å². The molecular formula is C21H24FNO2. The van der Waals surface area contributed by atoms with Gasteiger partial charge in [-0.2, -0.15) is 0 Å². The second-order valence-corrected chi connectivity index (χ2v) is 6.83. The Balaban J connectivity index is 1.65. The van der Waals surface area contributed by atoms with E-state index in [0.717, 1.165) is 18.5 Å². The van der Waals surface area contributed by atoms with Crippen LogP contribution in [0, 0.1) is 6.92 Å². The van der Waals surface area contributed by atoms with E-state index in [4.69, 9.17) is 5.11 Å². The van der Waals surface area contributed by atoms with Crippen LogP contribution >= 0.6 is 0 Å². The Morgan fingerprint density at radius 3 is 2.56 bits per heavy atom. The van der Waals surface area contributed by atoms with Crippen LogP contribution in [0.2, 0.25) is 0 Å². The molecule has 0 saturated carbocycles. The number of alkyl halides is 1. The van der Waals surface area contributed by atoms with E-state index in [0.29, 0.717) is 6.42 Å². The molecule has 1 aliphatic heterocycles. The van der Waals surface area contributed by atoms with Gasteiger partial charge in [-0.15, -0.1) is 0 Å². The van der Waals surface area contributed by atoms with Crippen LogP contribution in [-0.4, -0.2) is 29.8 Å². The van der Waals surface area contributed by atoms with Crippen LogP contribution in [0.3, 0.4) is 0 Å². The van der Waals surface area contributed by atoms with Gasteiger partial charge in [0.25, 0.3) is 0 Å². The maximum Gasteiger partial charge on any atom is 0.305 e. The van der Waals surface area contributed by atoms with Crippen molar-refractivity contribution in [2.75, 3.05) is 11.4 Å². The van der Waals surface area contributed by atoms with Crippen molar-refractivity contribution in [2.45, 2.75) is 44.8 Å².